The molecular formula is C13H17ClN2O2S. The zero-order valence-electron chi connectivity index (χ0n) is 11.1. The molecule has 2 aromatic rings. The molecule has 0 bridgehead atoms. The molecule has 0 saturated carbocycles. The fourth-order valence-corrected chi connectivity index (χ4v) is 2.97. The van der Waals surface area contributed by atoms with Gasteiger partial charge in [-0.15, -0.1) is 11.6 Å². The van der Waals surface area contributed by atoms with Crippen LogP contribution in [0.5, 0.6) is 0 Å². The predicted octanol–water partition coefficient (Wildman–Crippen LogP) is 2.52. The first-order chi connectivity index (χ1) is 8.96. The highest BCUT2D eigenvalue weighted by Crippen LogP contribution is 2.19. The van der Waals surface area contributed by atoms with Crippen molar-refractivity contribution in [2.24, 2.45) is 0 Å². The van der Waals surface area contributed by atoms with Crippen LogP contribution in [-0.2, 0) is 22.3 Å². The average molecular weight is 301 g/mol. The zero-order chi connectivity index (χ0) is 14.0. The van der Waals surface area contributed by atoms with Crippen molar-refractivity contribution >= 4 is 32.5 Å². The topological polar surface area (TPSA) is 52.0 Å². The molecule has 1 heterocycles. The van der Waals surface area contributed by atoms with Crippen molar-refractivity contribution in [1.82, 2.24) is 9.55 Å². The lowest BCUT2D eigenvalue weighted by molar-refractivity contribution is 0.590. The van der Waals surface area contributed by atoms with E-state index in [1.807, 2.05) is 29.7 Å². The monoisotopic (exact) mass is 300 g/mol. The third-order valence-electron chi connectivity index (χ3n) is 3.17. The Bertz CT molecular complexity index is 692. The van der Waals surface area contributed by atoms with Crippen LogP contribution >= 0.6 is 11.6 Å². The van der Waals surface area contributed by atoms with E-state index in [0.717, 1.165) is 16.6 Å². The van der Waals surface area contributed by atoms with Crippen molar-refractivity contribution in [3.8, 4) is 0 Å². The zero-order valence-corrected chi connectivity index (χ0v) is 12.6. The summed E-state index contributed by atoms with van der Waals surface area (Å²) in [6.07, 6.45) is 0. The molecule has 0 N–H and O–H groups in total. The molecule has 104 valence electrons. The summed E-state index contributed by atoms with van der Waals surface area (Å²) < 4.78 is 25.1. The van der Waals surface area contributed by atoms with E-state index in [9.17, 15) is 8.42 Å². The van der Waals surface area contributed by atoms with Crippen LogP contribution in [0.2, 0.25) is 0 Å². The van der Waals surface area contributed by atoms with Gasteiger partial charge >= 0.3 is 0 Å². The summed E-state index contributed by atoms with van der Waals surface area (Å²) in [4.78, 5) is 4.45. The van der Waals surface area contributed by atoms with Gasteiger partial charge in [-0.05, 0) is 24.6 Å². The van der Waals surface area contributed by atoms with Gasteiger partial charge in [0.15, 0.2) is 9.84 Å². The van der Waals surface area contributed by atoms with Gasteiger partial charge in [-0.1, -0.05) is 13.0 Å². The minimum Gasteiger partial charge on any atom is -0.326 e. The number of aromatic nitrogens is 2. The summed E-state index contributed by atoms with van der Waals surface area (Å²) in [5.74, 6) is 1.27. The van der Waals surface area contributed by atoms with E-state index in [1.165, 1.54) is 0 Å². The predicted molar refractivity (Wildman–Crippen MR) is 78.4 cm³/mol. The second-order valence-corrected chi connectivity index (χ2v) is 7.28. The van der Waals surface area contributed by atoms with E-state index in [0.29, 0.717) is 12.4 Å². The van der Waals surface area contributed by atoms with Gasteiger partial charge in [-0.3, -0.25) is 0 Å². The number of hydrogen-bond acceptors (Lipinski definition) is 3. The second-order valence-electron chi connectivity index (χ2n) is 4.54. The van der Waals surface area contributed by atoms with E-state index in [2.05, 4.69) is 4.98 Å². The smallest absolute Gasteiger partial charge is 0.151 e. The normalized spacial score (nSPS) is 12.2. The van der Waals surface area contributed by atoms with Gasteiger partial charge in [0.2, 0.25) is 0 Å². The highest BCUT2D eigenvalue weighted by molar-refractivity contribution is 7.91. The van der Waals surface area contributed by atoms with E-state index in [-0.39, 0.29) is 17.4 Å². The minimum atomic E-state index is -2.99. The summed E-state index contributed by atoms with van der Waals surface area (Å²) in [5.41, 5.74) is 2.93. The fourth-order valence-electron chi connectivity index (χ4n) is 2.02. The fraction of sp³-hybridized carbons (Fsp3) is 0.462. The lowest BCUT2D eigenvalue weighted by Gasteiger charge is -2.07. The van der Waals surface area contributed by atoms with E-state index in [1.54, 1.807) is 6.92 Å². The SMILES string of the molecule is CCS(=O)(=O)CCn1c(CCl)nc2cc(C)ccc21. The van der Waals surface area contributed by atoms with Crippen LogP contribution in [-0.4, -0.2) is 29.5 Å². The van der Waals surface area contributed by atoms with Gasteiger partial charge in [0.1, 0.15) is 5.82 Å². The molecule has 0 unspecified atom stereocenters. The molecule has 2 rings (SSSR count). The summed E-state index contributed by atoms with van der Waals surface area (Å²) in [5, 5.41) is 0. The quantitative estimate of drug-likeness (QED) is 0.797. The van der Waals surface area contributed by atoms with Crippen molar-refractivity contribution in [2.45, 2.75) is 26.3 Å². The van der Waals surface area contributed by atoms with Gasteiger partial charge in [0, 0.05) is 12.3 Å². The Morgan fingerprint density at radius 1 is 1.37 bits per heavy atom. The lowest BCUT2D eigenvalue weighted by Crippen LogP contribution is -2.15. The summed E-state index contributed by atoms with van der Waals surface area (Å²) in [7, 11) is -2.99. The first-order valence-electron chi connectivity index (χ1n) is 6.19. The second kappa shape index (κ2) is 5.51. The maximum atomic E-state index is 11.6. The van der Waals surface area contributed by atoms with Gasteiger partial charge < -0.3 is 4.57 Å². The van der Waals surface area contributed by atoms with Gasteiger partial charge in [0.25, 0.3) is 0 Å². The Morgan fingerprint density at radius 3 is 2.74 bits per heavy atom. The number of aryl methyl sites for hydroxylation is 2. The number of benzene rings is 1. The molecule has 0 aliphatic heterocycles. The molecule has 6 heteroatoms. The van der Waals surface area contributed by atoms with Crippen molar-refractivity contribution < 1.29 is 8.42 Å². The third-order valence-corrected chi connectivity index (χ3v) is 5.09. The highest BCUT2D eigenvalue weighted by atomic mass is 35.5. The first-order valence-corrected chi connectivity index (χ1v) is 8.54. The molecule has 0 amide bonds. The summed E-state index contributed by atoms with van der Waals surface area (Å²) >= 11 is 5.89. The molecule has 0 aliphatic rings. The Morgan fingerprint density at radius 2 is 2.11 bits per heavy atom. The van der Waals surface area contributed by atoms with Crippen molar-refractivity contribution in [2.75, 3.05) is 11.5 Å². The number of alkyl halides is 1. The number of hydrogen-bond donors (Lipinski definition) is 0. The minimum absolute atomic E-state index is 0.118. The molecule has 0 radical (unpaired) electrons. The Kier molecular flexibility index (Phi) is 4.16. The lowest BCUT2D eigenvalue weighted by atomic mass is 10.2. The molecule has 1 aromatic carbocycles. The van der Waals surface area contributed by atoms with E-state index >= 15 is 0 Å². The highest BCUT2D eigenvalue weighted by Gasteiger charge is 2.13. The average Bonchev–Trinajstić information content (AvgIpc) is 2.73. The van der Waals surface area contributed by atoms with Gasteiger partial charge in [-0.2, -0.15) is 0 Å². The Hall–Kier alpha value is -1.07. The van der Waals surface area contributed by atoms with Crippen LogP contribution in [0.4, 0.5) is 0 Å². The van der Waals surface area contributed by atoms with Crippen molar-refractivity contribution in [3.63, 3.8) is 0 Å². The summed E-state index contributed by atoms with van der Waals surface area (Å²) in [6.45, 7) is 4.06. The molecule has 19 heavy (non-hydrogen) atoms. The van der Waals surface area contributed by atoms with Crippen LogP contribution in [0, 0.1) is 6.92 Å². The van der Waals surface area contributed by atoms with Gasteiger partial charge in [0.05, 0.1) is 22.7 Å². The molecule has 0 aliphatic carbocycles. The number of rotatable bonds is 5. The van der Waals surface area contributed by atoms with Crippen LogP contribution in [0.1, 0.15) is 18.3 Å². The Labute approximate surface area is 118 Å². The number of halogens is 1. The molecule has 4 nitrogen and oxygen atoms in total. The van der Waals surface area contributed by atoms with Crippen molar-refractivity contribution in [1.29, 1.82) is 0 Å². The molecule has 0 saturated heterocycles. The van der Waals surface area contributed by atoms with Crippen LogP contribution in [0.3, 0.4) is 0 Å². The molecule has 1 aromatic heterocycles. The summed E-state index contributed by atoms with van der Waals surface area (Å²) in [6, 6.07) is 5.94. The molecule has 0 fully saturated rings. The third kappa shape index (κ3) is 3.09. The standard InChI is InChI=1S/C13H17ClN2O2S/c1-3-19(17,18)7-6-16-12-5-4-10(2)8-11(12)15-13(16)9-14/h4-5,8H,3,6-7,9H2,1-2H3. The van der Waals surface area contributed by atoms with Crippen molar-refractivity contribution in [3.05, 3.63) is 29.6 Å². The number of imidazole rings is 1. The molecule has 0 atom stereocenters. The maximum absolute atomic E-state index is 11.6. The van der Waals surface area contributed by atoms with Gasteiger partial charge in [-0.25, -0.2) is 13.4 Å². The largest absolute Gasteiger partial charge is 0.326 e. The molecule has 0 spiro atoms. The first kappa shape index (κ1) is 14.3. The molecular weight excluding hydrogens is 284 g/mol. The number of fused-ring (bicyclic) bond motifs is 1. The maximum Gasteiger partial charge on any atom is 0.151 e. The number of nitrogens with zero attached hydrogens (tertiary/aromatic N) is 2. The van der Waals surface area contributed by atoms with Crippen LogP contribution in [0.25, 0.3) is 11.0 Å². The Balaban J connectivity index is 2.41. The van der Waals surface area contributed by atoms with Crippen LogP contribution in [0.15, 0.2) is 18.2 Å². The van der Waals surface area contributed by atoms with Crippen LogP contribution < -0.4 is 0 Å². The number of sulfone groups is 1. The van der Waals surface area contributed by atoms with E-state index in [4.69, 9.17) is 11.6 Å². The van der Waals surface area contributed by atoms with E-state index < -0.39 is 9.84 Å².